The predicted octanol–water partition coefficient (Wildman–Crippen LogP) is 2.84. The van der Waals surface area contributed by atoms with Gasteiger partial charge in [-0.15, -0.1) is 0 Å². The Morgan fingerprint density at radius 3 is 2.62 bits per heavy atom. The topological polar surface area (TPSA) is 147 Å². The lowest BCUT2D eigenvalue weighted by Crippen LogP contribution is -2.45. The summed E-state index contributed by atoms with van der Waals surface area (Å²) >= 11 is 0. The van der Waals surface area contributed by atoms with Crippen LogP contribution in [0.5, 0.6) is 5.75 Å². The second-order valence-corrected chi connectivity index (χ2v) is 7.08. The van der Waals surface area contributed by atoms with Crippen molar-refractivity contribution in [3.05, 3.63) is 62.9 Å². The molecule has 10 heteroatoms. The maximum Gasteiger partial charge on any atom is 0.273 e. The molecule has 1 unspecified atom stereocenters. The molecule has 1 N–H and O–H groups in total. The number of nitro benzene ring substituents is 1. The molecule has 1 aliphatic rings. The number of furan rings is 1. The molecule has 1 aromatic heterocycles. The van der Waals surface area contributed by atoms with Crippen LogP contribution in [0.2, 0.25) is 0 Å². The van der Waals surface area contributed by atoms with Gasteiger partial charge >= 0.3 is 0 Å². The van der Waals surface area contributed by atoms with Crippen LogP contribution in [0, 0.1) is 21.4 Å². The number of hydrogen-bond acceptors (Lipinski definition) is 8. The molecule has 2 amide bonds. The summed E-state index contributed by atoms with van der Waals surface area (Å²) in [5.41, 5.74) is 0.419. The molecule has 32 heavy (non-hydrogen) atoms. The molecule has 0 aliphatic carbocycles. The predicted molar refractivity (Wildman–Crippen MR) is 112 cm³/mol. The van der Waals surface area contributed by atoms with Crippen LogP contribution < -0.4 is 4.74 Å². The van der Waals surface area contributed by atoms with E-state index in [-0.39, 0.29) is 40.5 Å². The van der Waals surface area contributed by atoms with Crippen molar-refractivity contribution >= 4 is 23.6 Å². The first-order valence-electron chi connectivity index (χ1n) is 9.47. The van der Waals surface area contributed by atoms with Gasteiger partial charge in [-0.05, 0) is 43.7 Å². The molecule has 3 rings (SSSR count). The Bertz CT molecular complexity index is 1210. The van der Waals surface area contributed by atoms with Crippen molar-refractivity contribution in [3.63, 3.8) is 0 Å². The minimum absolute atomic E-state index is 0.0818. The number of methoxy groups -OCH3 is 1. The van der Waals surface area contributed by atoms with Crippen molar-refractivity contribution in [2.75, 3.05) is 13.7 Å². The van der Waals surface area contributed by atoms with E-state index in [0.29, 0.717) is 11.3 Å². The number of hydrogen-bond donors (Lipinski definition) is 1. The number of imide groups is 1. The van der Waals surface area contributed by atoms with E-state index in [9.17, 15) is 30.1 Å². The van der Waals surface area contributed by atoms with Crippen LogP contribution in [0.25, 0.3) is 17.4 Å². The van der Waals surface area contributed by atoms with E-state index in [4.69, 9.17) is 9.15 Å². The van der Waals surface area contributed by atoms with Crippen LogP contribution in [0.3, 0.4) is 0 Å². The number of aliphatic hydroxyl groups is 1. The smallest absolute Gasteiger partial charge is 0.273 e. The van der Waals surface area contributed by atoms with E-state index >= 15 is 0 Å². The summed E-state index contributed by atoms with van der Waals surface area (Å²) in [7, 11) is 1.38. The number of rotatable bonds is 6. The van der Waals surface area contributed by atoms with Crippen molar-refractivity contribution in [1.82, 2.24) is 4.90 Å². The van der Waals surface area contributed by atoms with E-state index in [1.54, 1.807) is 12.1 Å². The number of carbonyl (C=O) groups is 2. The van der Waals surface area contributed by atoms with Gasteiger partial charge in [-0.1, -0.05) is 0 Å². The van der Waals surface area contributed by atoms with Gasteiger partial charge in [-0.25, -0.2) is 0 Å². The van der Waals surface area contributed by atoms with Crippen molar-refractivity contribution in [1.29, 1.82) is 5.26 Å². The average Bonchev–Trinajstić information content (AvgIpc) is 3.22. The average molecular weight is 437 g/mol. The van der Waals surface area contributed by atoms with Crippen molar-refractivity contribution in [2.45, 2.75) is 20.0 Å². The molecule has 0 fully saturated rings. The summed E-state index contributed by atoms with van der Waals surface area (Å²) < 4.78 is 11.0. The number of amides is 2. The third kappa shape index (κ3) is 4.14. The number of nitriles is 1. The van der Waals surface area contributed by atoms with Crippen LogP contribution in [0.4, 0.5) is 5.69 Å². The van der Waals surface area contributed by atoms with Gasteiger partial charge < -0.3 is 14.3 Å². The summed E-state index contributed by atoms with van der Waals surface area (Å²) in [5.74, 6) is -0.585. The molecule has 0 spiro atoms. The molecular weight excluding hydrogens is 418 g/mol. The molecule has 1 aromatic carbocycles. The molecule has 2 aromatic rings. The fourth-order valence-electron chi connectivity index (χ4n) is 3.27. The lowest BCUT2D eigenvalue weighted by atomic mass is 9.94. The van der Waals surface area contributed by atoms with Crippen LogP contribution in [-0.2, 0) is 9.59 Å². The Kier molecular flexibility index (Phi) is 6.22. The largest absolute Gasteiger partial charge is 0.496 e. The van der Waals surface area contributed by atoms with Gasteiger partial charge in [0.05, 0.1) is 36.3 Å². The highest BCUT2D eigenvalue weighted by Gasteiger charge is 2.36. The molecule has 1 aliphatic heterocycles. The summed E-state index contributed by atoms with van der Waals surface area (Å²) in [4.78, 5) is 36.6. The van der Waals surface area contributed by atoms with Gasteiger partial charge in [-0.2, -0.15) is 5.26 Å². The van der Waals surface area contributed by atoms with E-state index in [1.807, 2.05) is 6.07 Å². The first-order chi connectivity index (χ1) is 15.2. The lowest BCUT2D eigenvalue weighted by Gasteiger charge is -2.28. The molecule has 1 atom stereocenters. The molecule has 0 radical (unpaired) electrons. The number of benzene rings is 1. The first kappa shape index (κ1) is 22.5. The van der Waals surface area contributed by atoms with Gasteiger partial charge in [0, 0.05) is 11.6 Å². The highest BCUT2D eigenvalue weighted by molar-refractivity contribution is 6.19. The first-order valence-corrected chi connectivity index (χ1v) is 9.47. The molecular formula is C22H19N3O7. The summed E-state index contributed by atoms with van der Waals surface area (Å²) in [6, 6.07) is 9.06. The Balaban J connectivity index is 2.04. The number of non-ortho nitro benzene ring substituents is 1. The number of β-amino-alcohol motifs (C(OH)–C–C–N with tert-alkyl or cyclic N) is 1. The van der Waals surface area contributed by atoms with Crippen molar-refractivity contribution < 1.29 is 28.8 Å². The van der Waals surface area contributed by atoms with E-state index < -0.39 is 22.8 Å². The van der Waals surface area contributed by atoms with Crippen LogP contribution >= 0.6 is 0 Å². The number of nitrogens with zero attached hydrogens (tertiary/aromatic N) is 3. The lowest BCUT2D eigenvalue weighted by molar-refractivity contribution is -0.384. The summed E-state index contributed by atoms with van der Waals surface area (Å²) in [6.45, 7) is 2.66. The second kappa shape index (κ2) is 8.87. The SMILES string of the molecule is COc1cc([N+](=O)[O-])ccc1-c1ccc(/C=C2/C(=O)N(CC(C)O)C(=O)C(C#N)=C2C)o1. The van der Waals surface area contributed by atoms with Crippen LogP contribution in [0.1, 0.15) is 19.6 Å². The minimum Gasteiger partial charge on any atom is -0.496 e. The Labute approximate surface area is 182 Å². The molecule has 0 saturated carbocycles. The maximum absolute atomic E-state index is 12.9. The van der Waals surface area contributed by atoms with Crippen molar-refractivity contribution in [3.8, 4) is 23.1 Å². The number of ether oxygens (including phenoxy) is 1. The zero-order valence-corrected chi connectivity index (χ0v) is 17.5. The Hall–Kier alpha value is -4.23. The summed E-state index contributed by atoms with van der Waals surface area (Å²) in [6.07, 6.45) is 0.435. The van der Waals surface area contributed by atoms with Gasteiger partial charge in [-0.3, -0.25) is 24.6 Å². The standard InChI is InChI=1S/C22H19N3O7/c1-12(26)11-24-21(27)17(13(2)18(10-23)22(24)28)9-15-5-7-19(32-15)16-6-4-14(25(29)30)8-20(16)31-3/h4-9,12,26H,11H2,1-3H3/b17-9+. The number of carbonyl (C=O) groups excluding carboxylic acids is 2. The monoisotopic (exact) mass is 437 g/mol. The Morgan fingerprint density at radius 2 is 2.03 bits per heavy atom. The summed E-state index contributed by atoms with van der Waals surface area (Å²) in [5, 5.41) is 30.0. The molecule has 164 valence electrons. The number of aliphatic hydroxyl groups excluding tert-OH is 1. The van der Waals surface area contributed by atoms with Gasteiger partial charge in [0.15, 0.2) is 0 Å². The third-order valence-corrected chi connectivity index (χ3v) is 4.85. The van der Waals surface area contributed by atoms with Gasteiger partial charge in [0.2, 0.25) is 0 Å². The zero-order valence-electron chi connectivity index (χ0n) is 17.5. The van der Waals surface area contributed by atoms with Crippen LogP contribution in [0.15, 0.2) is 51.5 Å². The zero-order chi connectivity index (χ0) is 23.6. The maximum atomic E-state index is 12.9. The van der Waals surface area contributed by atoms with Gasteiger partial charge in [0.1, 0.15) is 28.9 Å². The fraction of sp³-hybridized carbons (Fsp3) is 0.227. The molecule has 0 bridgehead atoms. The minimum atomic E-state index is -0.965. The van der Waals surface area contributed by atoms with Crippen LogP contribution in [-0.4, -0.2) is 46.5 Å². The highest BCUT2D eigenvalue weighted by Crippen LogP contribution is 2.35. The third-order valence-electron chi connectivity index (χ3n) is 4.85. The van der Waals surface area contributed by atoms with Crippen molar-refractivity contribution in [2.24, 2.45) is 0 Å². The van der Waals surface area contributed by atoms with E-state index in [0.717, 1.165) is 4.90 Å². The van der Waals surface area contributed by atoms with E-state index in [2.05, 4.69) is 0 Å². The normalized spacial score (nSPS) is 16.3. The van der Waals surface area contributed by atoms with E-state index in [1.165, 1.54) is 45.2 Å². The Morgan fingerprint density at radius 1 is 1.31 bits per heavy atom. The molecule has 0 saturated heterocycles. The molecule has 2 heterocycles. The quantitative estimate of drug-likeness (QED) is 0.314. The fourth-order valence-corrected chi connectivity index (χ4v) is 3.27. The second-order valence-electron chi connectivity index (χ2n) is 7.08. The highest BCUT2D eigenvalue weighted by atomic mass is 16.6. The molecule has 10 nitrogen and oxygen atoms in total. The number of nitro groups is 1. The van der Waals surface area contributed by atoms with Gasteiger partial charge in [0.25, 0.3) is 17.5 Å².